The minimum absolute atomic E-state index is 0.0298. The molecule has 0 aliphatic carbocycles. The smallest absolute Gasteiger partial charge is 0.229 e. The zero-order chi connectivity index (χ0) is 17.7. The van der Waals surface area contributed by atoms with Crippen molar-refractivity contribution in [3.8, 4) is 11.3 Å². The lowest BCUT2D eigenvalue weighted by Crippen LogP contribution is -2.13. The van der Waals surface area contributed by atoms with Crippen molar-refractivity contribution in [2.75, 3.05) is 0 Å². The van der Waals surface area contributed by atoms with Crippen LogP contribution in [0.2, 0.25) is 5.02 Å². The fourth-order valence-corrected chi connectivity index (χ4v) is 2.45. The van der Waals surface area contributed by atoms with E-state index >= 15 is 0 Å². The summed E-state index contributed by atoms with van der Waals surface area (Å²) in [4.78, 5) is 3.97. The quantitative estimate of drug-likeness (QED) is 0.562. The molecule has 126 valence electrons. The Labute approximate surface area is 135 Å². The summed E-state index contributed by atoms with van der Waals surface area (Å²) in [5.41, 5.74) is -2.39. The van der Waals surface area contributed by atoms with Crippen molar-refractivity contribution in [1.82, 2.24) is 14.6 Å². The van der Waals surface area contributed by atoms with E-state index in [0.717, 1.165) is 18.3 Å². The standard InChI is InChI=1S/C14H6ClF6N3/c15-9-5-7(1-2-8(9)13(16,17)18)10-6-11(14(19,20)21)24-12(23-10)3-4-22-24/h1-6H. The molecule has 0 bridgehead atoms. The summed E-state index contributed by atoms with van der Waals surface area (Å²) >= 11 is 5.60. The van der Waals surface area contributed by atoms with Crippen LogP contribution in [0.5, 0.6) is 0 Å². The summed E-state index contributed by atoms with van der Waals surface area (Å²) in [6.07, 6.45) is -8.23. The van der Waals surface area contributed by atoms with Crippen molar-refractivity contribution >= 4 is 17.2 Å². The first-order valence-electron chi connectivity index (χ1n) is 6.36. The van der Waals surface area contributed by atoms with Gasteiger partial charge in [0.05, 0.1) is 22.5 Å². The number of halogens is 7. The molecule has 3 nitrogen and oxygen atoms in total. The van der Waals surface area contributed by atoms with Gasteiger partial charge in [-0.25, -0.2) is 9.50 Å². The lowest BCUT2D eigenvalue weighted by molar-refractivity contribution is -0.142. The molecule has 3 rings (SSSR count). The van der Waals surface area contributed by atoms with E-state index in [1.807, 2.05) is 0 Å². The van der Waals surface area contributed by atoms with Crippen molar-refractivity contribution in [3.05, 3.63) is 52.8 Å². The first-order valence-corrected chi connectivity index (χ1v) is 6.74. The van der Waals surface area contributed by atoms with Crippen LogP contribution in [0.15, 0.2) is 36.5 Å². The van der Waals surface area contributed by atoms with Crippen molar-refractivity contribution in [1.29, 1.82) is 0 Å². The molecule has 0 saturated heterocycles. The van der Waals surface area contributed by atoms with Crippen LogP contribution in [0.4, 0.5) is 26.3 Å². The molecule has 0 atom stereocenters. The minimum Gasteiger partial charge on any atom is -0.229 e. The molecule has 24 heavy (non-hydrogen) atoms. The van der Waals surface area contributed by atoms with E-state index in [-0.39, 0.29) is 16.9 Å². The highest BCUT2D eigenvalue weighted by Crippen LogP contribution is 2.37. The maximum atomic E-state index is 13.1. The highest BCUT2D eigenvalue weighted by atomic mass is 35.5. The fraction of sp³-hybridized carbons (Fsp3) is 0.143. The van der Waals surface area contributed by atoms with Crippen molar-refractivity contribution in [2.45, 2.75) is 12.4 Å². The number of benzene rings is 1. The van der Waals surface area contributed by atoms with Gasteiger partial charge in [0, 0.05) is 11.6 Å². The van der Waals surface area contributed by atoms with E-state index in [4.69, 9.17) is 11.6 Å². The number of alkyl halides is 6. The normalized spacial score (nSPS) is 12.8. The lowest BCUT2D eigenvalue weighted by Gasteiger charge is -2.13. The number of fused-ring (bicyclic) bond motifs is 1. The zero-order valence-corrected chi connectivity index (χ0v) is 12.2. The molecule has 0 aliphatic heterocycles. The lowest BCUT2D eigenvalue weighted by atomic mass is 10.1. The van der Waals surface area contributed by atoms with Crippen LogP contribution in [0.3, 0.4) is 0 Å². The Bertz CT molecular complexity index is 913. The zero-order valence-electron chi connectivity index (χ0n) is 11.5. The van der Waals surface area contributed by atoms with E-state index in [0.29, 0.717) is 16.6 Å². The summed E-state index contributed by atoms with van der Waals surface area (Å²) in [7, 11) is 0. The van der Waals surface area contributed by atoms with Crippen LogP contribution < -0.4 is 0 Å². The fourth-order valence-electron chi connectivity index (χ4n) is 2.17. The molecule has 0 N–H and O–H groups in total. The van der Waals surface area contributed by atoms with Crippen molar-refractivity contribution < 1.29 is 26.3 Å². The van der Waals surface area contributed by atoms with Gasteiger partial charge in [-0.1, -0.05) is 17.7 Å². The predicted octanol–water partition coefficient (Wildman–Crippen LogP) is 5.09. The van der Waals surface area contributed by atoms with E-state index in [2.05, 4.69) is 10.1 Å². The molecule has 0 unspecified atom stereocenters. The summed E-state index contributed by atoms with van der Waals surface area (Å²) in [6, 6.07) is 4.61. The summed E-state index contributed by atoms with van der Waals surface area (Å²) < 4.78 is 78.1. The average Bonchev–Trinajstić information content (AvgIpc) is 2.91. The van der Waals surface area contributed by atoms with Crippen LogP contribution in [0.1, 0.15) is 11.3 Å². The third-order valence-corrected chi connectivity index (χ3v) is 3.53. The first kappa shape index (κ1) is 16.6. The van der Waals surface area contributed by atoms with Gasteiger partial charge < -0.3 is 0 Å². The van der Waals surface area contributed by atoms with Gasteiger partial charge in [-0.2, -0.15) is 31.4 Å². The topological polar surface area (TPSA) is 30.2 Å². The molecule has 0 fully saturated rings. The van der Waals surface area contributed by atoms with Crippen LogP contribution in [0.25, 0.3) is 16.9 Å². The molecule has 0 saturated carbocycles. The molecule has 0 amide bonds. The second-order valence-electron chi connectivity index (χ2n) is 4.82. The summed E-state index contributed by atoms with van der Waals surface area (Å²) in [5.74, 6) is 0. The highest BCUT2D eigenvalue weighted by molar-refractivity contribution is 6.31. The number of hydrogen-bond acceptors (Lipinski definition) is 2. The number of aromatic nitrogens is 3. The van der Waals surface area contributed by atoms with E-state index in [1.165, 1.54) is 6.07 Å². The Morgan fingerprint density at radius 1 is 0.917 bits per heavy atom. The van der Waals surface area contributed by atoms with Gasteiger partial charge in [-0.3, -0.25) is 0 Å². The van der Waals surface area contributed by atoms with Gasteiger partial charge in [0.25, 0.3) is 0 Å². The SMILES string of the molecule is FC(F)(F)c1ccc(-c2cc(C(F)(F)F)n3nccc3n2)cc1Cl. The van der Waals surface area contributed by atoms with Gasteiger partial charge in [-0.15, -0.1) is 0 Å². The Morgan fingerprint density at radius 2 is 1.62 bits per heavy atom. The van der Waals surface area contributed by atoms with Crippen LogP contribution in [0, 0.1) is 0 Å². The minimum atomic E-state index is -4.71. The van der Waals surface area contributed by atoms with Gasteiger partial charge >= 0.3 is 12.4 Å². The van der Waals surface area contributed by atoms with Gasteiger partial charge in [-0.05, 0) is 18.2 Å². The van der Waals surface area contributed by atoms with Gasteiger partial charge in [0.2, 0.25) is 0 Å². The van der Waals surface area contributed by atoms with Crippen molar-refractivity contribution in [2.24, 2.45) is 0 Å². The van der Waals surface area contributed by atoms with Crippen LogP contribution >= 0.6 is 11.6 Å². The molecule has 10 heteroatoms. The maximum Gasteiger partial charge on any atom is 0.433 e. The Hall–Kier alpha value is -2.29. The maximum absolute atomic E-state index is 13.1. The molecular formula is C14H6ClF6N3. The van der Waals surface area contributed by atoms with Gasteiger partial charge in [0.1, 0.15) is 0 Å². The second kappa shape index (κ2) is 5.37. The molecule has 2 heterocycles. The summed E-state index contributed by atoms with van der Waals surface area (Å²) in [6.45, 7) is 0. The van der Waals surface area contributed by atoms with E-state index < -0.39 is 28.6 Å². The monoisotopic (exact) mass is 365 g/mol. The molecular weight excluding hydrogens is 360 g/mol. The summed E-state index contributed by atoms with van der Waals surface area (Å²) in [5, 5.41) is 2.92. The molecule has 0 radical (unpaired) electrons. The number of rotatable bonds is 1. The van der Waals surface area contributed by atoms with Crippen LogP contribution in [-0.4, -0.2) is 14.6 Å². The number of nitrogens with zero attached hydrogens (tertiary/aromatic N) is 3. The van der Waals surface area contributed by atoms with E-state index in [9.17, 15) is 26.3 Å². The third-order valence-electron chi connectivity index (χ3n) is 3.22. The number of hydrogen-bond donors (Lipinski definition) is 0. The largest absolute Gasteiger partial charge is 0.433 e. The predicted molar refractivity (Wildman–Crippen MR) is 73.4 cm³/mol. The Kier molecular flexibility index (Phi) is 3.71. The van der Waals surface area contributed by atoms with Crippen LogP contribution in [-0.2, 0) is 12.4 Å². The molecule has 0 spiro atoms. The molecule has 0 aliphatic rings. The average molecular weight is 366 g/mol. The highest BCUT2D eigenvalue weighted by Gasteiger charge is 2.36. The second-order valence-corrected chi connectivity index (χ2v) is 5.23. The molecule has 2 aromatic heterocycles. The molecule has 1 aromatic carbocycles. The third kappa shape index (κ3) is 2.91. The van der Waals surface area contributed by atoms with Gasteiger partial charge in [0.15, 0.2) is 11.3 Å². The molecule has 3 aromatic rings. The van der Waals surface area contributed by atoms with Crippen molar-refractivity contribution in [3.63, 3.8) is 0 Å². The first-order chi connectivity index (χ1) is 11.1. The van der Waals surface area contributed by atoms with E-state index in [1.54, 1.807) is 0 Å². The Balaban J connectivity index is 2.18. The Morgan fingerprint density at radius 3 is 2.21 bits per heavy atom.